The van der Waals surface area contributed by atoms with Gasteiger partial charge in [-0.3, -0.25) is 0 Å². The summed E-state index contributed by atoms with van der Waals surface area (Å²) in [7, 11) is 0. The number of hydrogen-bond acceptors (Lipinski definition) is 0. The van der Waals surface area contributed by atoms with E-state index >= 15 is 0 Å². The minimum Gasteiger partial charge on any atom is -0.0876 e. The number of alkyl halides is 1. The number of aryl methyl sites for hydroxylation is 4. The lowest BCUT2D eigenvalue weighted by atomic mass is 9.83. The van der Waals surface area contributed by atoms with Crippen molar-refractivity contribution in [1.82, 2.24) is 0 Å². The van der Waals surface area contributed by atoms with Crippen molar-refractivity contribution in [2.75, 3.05) is 0 Å². The molecule has 0 saturated heterocycles. The van der Waals surface area contributed by atoms with Crippen molar-refractivity contribution in [3.63, 3.8) is 0 Å². The maximum atomic E-state index is 3.61. The Bertz CT molecular complexity index is 632. The van der Waals surface area contributed by atoms with Crippen LogP contribution in [-0.2, 0) is 36.4 Å². The molecular weight excluding hydrogens is 332 g/mol. The van der Waals surface area contributed by atoms with Crippen LogP contribution in [0.5, 0.6) is 0 Å². The molecule has 0 aliphatic heterocycles. The van der Waals surface area contributed by atoms with E-state index in [0.29, 0.717) is 0 Å². The number of halogens is 1. The van der Waals surface area contributed by atoms with Crippen LogP contribution in [0.15, 0.2) is 36.4 Å². The van der Waals surface area contributed by atoms with Crippen molar-refractivity contribution in [3.05, 3.63) is 69.8 Å². The van der Waals surface area contributed by atoms with Gasteiger partial charge in [-0.1, -0.05) is 73.1 Å². The first-order valence-corrected chi connectivity index (χ1v) is 9.37. The van der Waals surface area contributed by atoms with Gasteiger partial charge in [-0.2, -0.15) is 0 Å². The van der Waals surface area contributed by atoms with Crippen molar-refractivity contribution in [2.45, 2.75) is 57.2 Å². The van der Waals surface area contributed by atoms with E-state index in [1.165, 1.54) is 33.4 Å². The fraction of sp³-hybridized carbons (Fsp3) is 0.429. The second-order valence-electron chi connectivity index (χ2n) is 7.58. The van der Waals surface area contributed by atoms with Gasteiger partial charge in [0.2, 0.25) is 0 Å². The molecule has 4 bridgehead atoms. The van der Waals surface area contributed by atoms with Crippen LogP contribution in [-0.4, -0.2) is 0 Å². The summed E-state index contributed by atoms with van der Waals surface area (Å²) in [5, 5.41) is 0.952. The Morgan fingerprint density at radius 1 is 0.727 bits per heavy atom. The molecule has 0 N–H and O–H groups in total. The fourth-order valence-electron chi connectivity index (χ4n) is 3.27. The average Bonchev–Trinajstić information content (AvgIpc) is 2.49. The van der Waals surface area contributed by atoms with Gasteiger partial charge >= 0.3 is 0 Å². The summed E-state index contributed by atoms with van der Waals surface area (Å²) in [5.41, 5.74) is 9.07. The van der Waals surface area contributed by atoms with Crippen molar-refractivity contribution in [2.24, 2.45) is 0 Å². The molecule has 116 valence electrons. The zero-order valence-corrected chi connectivity index (χ0v) is 15.5. The second kappa shape index (κ2) is 6.20. The molecule has 1 aliphatic carbocycles. The minimum absolute atomic E-state index is 0.228. The minimum atomic E-state index is 0.228. The first kappa shape index (κ1) is 15.8. The molecule has 0 spiro atoms. The van der Waals surface area contributed by atoms with E-state index in [4.69, 9.17) is 0 Å². The smallest absolute Gasteiger partial charge is 0.0283 e. The van der Waals surface area contributed by atoms with Gasteiger partial charge in [0.05, 0.1) is 0 Å². The molecule has 3 rings (SSSR count). The number of rotatable bonds is 1. The molecule has 1 aliphatic rings. The SMILES string of the molecule is CC(C)(C)c1cc2cc(c1)CCc1cc(CBr)cc(c1)CC2. The summed E-state index contributed by atoms with van der Waals surface area (Å²) in [6.45, 7) is 6.94. The van der Waals surface area contributed by atoms with E-state index in [2.05, 4.69) is 73.1 Å². The van der Waals surface area contributed by atoms with Crippen LogP contribution in [0, 0.1) is 0 Å². The van der Waals surface area contributed by atoms with E-state index in [0.717, 1.165) is 31.0 Å². The molecule has 2 aromatic carbocycles. The second-order valence-corrected chi connectivity index (χ2v) is 8.14. The highest BCUT2D eigenvalue weighted by molar-refractivity contribution is 9.08. The summed E-state index contributed by atoms with van der Waals surface area (Å²) < 4.78 is 0. The maximum absolute atomic E-state index is 3.61. The Balaban J connectivity index is 1.98. The molecule has 0 amide bonds. The fourth-order valence-corrected chi connectivity index (χ4v) is 3.59. The molecule has 0 radical (unpaired) electrons. The third-order valence-electron chi connectivity index (χ3n) is 4.59. The van der Waals surface area contributed by atoms with Crippen LogP contribution in [0.25, 0.3) is 0 Å². The maximum Gasteiger partial charge on any atom is 0.0283 e. The third-order valence-corrected chi connectivity index (χ3v) is 5.24. The van der Waals surface area contributed by atoms with E-state index < -0.39 is 0 Å². The normalized spacial score (nSPS) is 14.7. The van der Waals surface area contributed by atoms with Gasteiger partial charge in [0.25, 0.3) is 0 Å². The molecule has 0 saturated carbocycles. The highest BCUT2D eigenvalue weighted by atomic mass is 79.9. The van der Waals surface area contributed by atoms with E-state index in [1.54, 1.807) is 0 Å². The van der Waals surface area contributed by atoms with Crippen molar-refractivity contribution in [1.29, 1.82) is 0 Å². The van der Waals surface area contributed by atoms with Crippen molar-refractivity contribution >= 4 is 15.9 Å². The van der Waals surface area contributed by atoms with Gasteiger partial charge < -0.3 is 0 Å². The monoisotopic (exact) mass is 356 g/mol. The Labute approximate surface area is 143 Å². The summed E-state index contributed by atoms with van der Waals surface area (Å²) in [4.78, 5) is 0. The van der Waals surface area contributed by atoms with Gasteiger partial charge in [-0.05, 0) is 64.5 Å². The molecule has 0 aromatic heterocycles. The third kappa shape index (κ3) is 3.63. The summed E-state index contributed by atoms with van der Waals surface area (Å²) in [5.74, 6) is 0. The topological polar surface area (TPSA) is 0 Å². The molecule has 0 atom stereocenters. The molecule has 1 heteroatoms. The van der Waals surface area contributed by atoms with Crippen LogP contribution in [0.1, 0.15) is 54.2 Å². The molecule has 0 nitrogen and oxygen atoms in total. The first-order chi connectivity index (χ1) is 10.4. The zero-order chi connectivity index (χ0) is 15.7. The van der Waals surface area contributed by atoms with Crippen LogP contribution >= 0.6 is 15.9 Å². The summed E-state index contributed by atoms with van der Waals surface area (Å²) >= 11 is 3.61. The highest BCUT2D eigenvalue weighted by Gasteiger charge is 2.16. The average molecular weight is 357 g/mol. The standard InChI is InChI=1S/C21H25Br/c1-21(2,3)20-12-17-6-4-15-8-16(11-19(10-15)14-22)5-7-18(9-17)13-20/h8-13H,4-7,14H2,1-3H3. The zero-order valence-electron chi connectivity index (χ0n) is 13.9. The first-order valence-electron chi connectivity index (χ1n) is 8.25. The molecule has 2 aromatic rings. The number of benzene rings is 2. The predicted molar refractivity (Wildman–Crippen MR) is 99.0 cm³/mol. The predicted octanol–water partition coefficient (Wildman–Crippen LogP) is 5.76. The Kier molecular flexibility index (Phi) is 4.45. The lowest BCUT2D eigenvalue weighted by Gasteiger charge is -2.22. The van der Waals surface area contributed by atoms with Crippen LogP contribution in [0.4, 0.5) is 0 Å². The lowest BCUT2D eigenvalue weighted by Crippen LogP contribution is -2.13. The Morgan fingerprint density at radius 2 is 1.14 bits per heavy atom. The van der Waals surface area contributed by atoms with E-state index in [9.17, 15) is 0 Å². The molecular formula is C21H25Br. The Hall–Kier alpha value is -1.08. The molecule has 0 unspecified atom stereocenters. The summed E-state index contributed by atoms with van der Waals surface area (Å²) in [6.07, 6.45) is 4.56. The van der Waals surface area contributed by atoms with Crippen molar-refractivity contribution < 1.29 is 0 Å². The molecule has 22 heavy (non-hydrogen) atoms. The Morgan fingerprint density at radius 3 is 1.50 bits per heavy atom. The molecule has 0 fully saturated rings. The summed E-state index contributed by atoms with van der Waals surface area (Å²) in [6, 6.07) is 14.4. The number of hydrogen-bond donors (Lipinski definition) is 0. The quantitative estimate of drug-likeness (QED) is 0.569. The van der Waals surface area contributed by atoms with E-state index in [-0.39, 0.29) is 5.41 Å². The largest absolute Gasteiger partial charge is 0.0876 e. The van der Waals surface area contributed by atoms with Gasteiger partial charge in [0.1, 0.15) is 0 Å². The van der Waals surface area contributed by atoms with Crippen molar-refractivity contribution in [3.8, 4) is 0 Å². The van der Waals surface area contributed by atoms with Gasteiger partial charge in [0, 0.05) is 5.33 Å². The van der Waals surface area contributed by atoms with E-state index in [1.807, 2.05) is 0 Å². The number of fused-ring (bicyclic) bond motifs is 4. The van der Waals surface area contributed by atoms with Gasteiger partial charge in [0.15, 0.2) is 0 Å². The van der Waals surface area contributed by atoms with Gasteiger partial charge in [-0.25, -0.2) is 0 Å². The lowest BCUT2D eigenvalue weighted by molar-refractivity contribution is 0.588. The van der Waals surface area contributed by atoms with Crippen LogP contribution in [0.3, 0.4) is 0 Å². The van der Waals surface area contributed by atoms with Crippen LogP contribution < -0.4 is 0 Å². The highest BCUT2D eigenvalue weighted by Crippen LogP contribution is 2.27. The van der Waals surface area contributed by atoms with Gasteiger partial charge in [-0.15, -0.1) is 0 Å². The molecule has 0 heterocycles. The van der Waals surface area contributed by atoms with Crippen LogP contribution in [0.2, 0.25) is 0 Å².